The number of nitrogens with zero attached hydrogens (tertiary/aromatic N) is 5. The van der Waals surface area contributed by atoms with Gasteiger partial charge in [0, 0.05) is 18.7 Å². The minimum atomic E-state index is -4.65. The number of nitriles is 1. The van der Waals surface area contributed by atoms with E-state index in [-0.39, 0.29) is 17.4 Å². The molecule has 8 nitrogen and oxygen atoms in total. The van der Waals surface area contributed by atoms with Crippen LogP contribution in [0.15, 0.2) is 34.9 Å². The monoisotopic (exact) mass is 390 g/mol. The molecular formula is C17H13F3N6O2. The molecule has 0 radical (unpaired) electrons. The van der Waals surface area contributed by atoms with E-state index in [9.17, 15) is 18.0 Å². The normalized spacial score (nSPS) is 12.4. The maximum Gasteiger partial charge on any atom is 0.435 e. The van der Waals surface area contributed by atoms with E-state index in [4.69, 9.17) is 9.78 Å². The topological polar surface area (TPSA) is 110 Å². The summed E-state index contributed by atoms with van der Waals surface area (Å²) < 4.78 is 44.2. The Morgan fingerprint density at radius 1 is 1.36 bits per heavy atom. The van der Waals surface area contributed by atoms with Crippen LogP contribution >= 0.6 is 0 Å². The van der Waals surface area contributed by atoms with Crippen molar-refractivity contribution in [2.75, 3.05) is 0 Å². The Bertz CT molecular complexity index is 1060. The first-order chi connectivity index (χ1) is 13.2. The highest BCUT2D eigenvalue weighted by Crippen LogP contribution is 2.28. The molecule has 2 heterocycles. The zero-order valence-electron chi connectivity index (χ0n) is 14.7. The lowest BCUT2D eigenvalue weighted by Crippen LogP contribution is -2.28. The lowest BCUT2D eigenvalue weighted by Gasteiger charge is -2.09. The number of alkyl halides is 3. The number of hydrogen-bond donors (Lipinski definition) is 1. The van der Waals surface area contributed by atoms with Crippen LogP contribution in [-0.2, 0) is 13.2 Å². The molecule has 1 atom stereocenters. The average Bonchev–Trinajstić information content (AvgIpc) is 3.28. The fourth-order valence-corrected chi connectivity index (χ4v) is 2.41. The van der Waals surface area contributed by atoms with Gasteiger partial charge in [-0.25, -0.2) is 0 Å². The number of aromatic nitrogens is 4. The van der Waals surface area contributed by atoms with Crippen LogP contribution in [0, 0.1) is 11.3 Å². The number of benzene rings is 1. The number of rotatable bonds is 4. The molecule has 1 amide bonds. The van der Waals surface area contributed by atoms with Crippen LogP contribution in [0.1, 0.15) is 40.6 Å². The Balaban J connectivity index is 1.76. The summed E-state index contributed by atoms with van der Waals surface area (Å²) in [7, 11) is 1.24. The molecule has 144 valence electrons. The number of amides is 1. The molecule has 0 bridgehead atoms. The summed E-state index contributed by atoms with van der Waals surface area (Å²) in [5, 5.41) is 18.5. The summed E-state index contributed by atoms with van der Waals surface area (Å²) in [5.74, 6) is -0.499. The minimum Gasteiger partial charge on any atom is -0.339 e. The van der Waals surface area contributed by atoms with Crippen LogP contribution in [0.2, 0.25) is 0 Å². The van der Waals surface area contributed by atoms with Crippen molar-refractivity contribution in [3.63, 3.8) is 0 Å². The van der Waals surface area contributed by atoms with Gasteiger partial charge in [-0.3, -0.25) is 9.48 Å². The quantitative estimate of drug-likeness (QED) is 0.734. The van der Waals surface area contributed by atoms with Gasteiger partial charge in [-0.15, -0.1) is 0 Å². The van der Waals surface area contributed by atoms with Gasteiger partial charge in [-0.1, -0.05) is 17.3 Å². The lowest BCUT2D eigenvalue weighted by atomic mass is 10.1. The molecule has 28 heavy (non-hydrogen) atoms. The fraction of sp³-hybridized carbons (Fsp3) is 0.235. The van der Waals surface area contributed by atoms with E-state index in [1.165, 1.54) is 7.05 Å². The number of hydrogen-bond acceptors (Lipinski definition) is 6. The second kappa shape index (κ2) is 7.15. The van der Waals surface area contributed by atoms with Crippen molar-refractivity contribution in [1.82, 2.24) is 25.2 Å². The molecule has 1 N–H and O–H groups in total. The minimum absolute atomic E-state index is 0.0592. The van der Waals surface area contributed by atoms with Crippen molar-refractivity contribution in [1.29, 1.82) is 5.26 Å². The molecule has 1 aromatic carbocycles. The third kappa shape index (κ3) is 3.85. The Labute approximate surface area is 156 Å². The van der Waals surface area contributed by atoms with Crippen LogP contribution in [0.4, 0.5) is 13.2 Å². The van der Waals surface area contributed by atoms with E-state index in [1.807, 2.05) is 6.07 Å². The van der Waals surface area contributed by atoms with Gasteiger partial charge in [-0.05, 0) is 19.1 Å². The average molecular weight is 390 g/mol. The molecule has 11 heteroatoms. The van der Waals surface area contributed by atoms with E-state index < -0.39 is 23.8 Å². The van der Waals surface area contributed by atoms with Crippen LogP contribution in [0.5, 0.6) is 0 Å². The maximum atomic E-state index is 12.7. The van der Waals surface area contributed by atoms with Crippen LogP contribution in [0.25, 0.3) is 11.4 Å². The first-order valence-corrected chi connectivity index (χ1v) is 7.95. The predicted octanol–water partition coefficient (Wildman–Crippen LogP) is 2.85. The first kappa shape index (κ1) is 19.1. The summed E-state index contributed by atoms with van der Waals surface area (Å²) in [6.07, 6.45) is -4.65. The van der Waals surface area contributed by atoms with Crippen LogP contribution in [-0.4, -0.2) is 25.8 Å². The number of halogens is 3. The van der Waals surface area contributed by atoms with Crippen LogP contribution in [0.3, 0.4) is 0 Å². The molecule has 0 spiro atoms. The molecule has 0 unspecified atom stereocenters. The van der Waals surface area contributed by atoms with E-state index in [2.05, 4.69) is 20.6 Å². The van der Waals surface area contributed by atoms with Gasteiger partial charge in [0.1, 0.15) is 11.7 Å². The fourth-order valence-electron chi connectivity index (χ4n) is 2.41. The Morgan fingerprint density at radius 3 is 2.75 bits per heavy atom. The number of aryl methyl sites for hydroxylation is 1. The first-order valence-electron chi connectivity index (χ1n) is 7.95. The summed E-state index contributed by atoms with van der Waals surface area (Å²) in [4.78, 5) is 16.4. The van der Waals surface area contributed by atoms with Gasteiger partial charge in [-0.2, -0.15) is 28.5 Å². The number of carbonyl (C=O) groups is 1. The Hall–Kier alpha value is -3.68. The van der Waals surface area contributed by atoms with Gasteiger partial charge in [0.2, 0.25) is 11.7 Å². The summed E-state index contributed by atoms with van der Waals surface area (Å²) in [6, 6.07) is 8.44. The summed E-state index contributed by atoms with van der Waals surface area (Å²) in [6.45, 7) is 1.54. The molecule has 2 aromatic heterocycles. The van der Waals surface area contributed by atoms with E-state index in [1.54, 1.807) is 31.2 Å². The van der Waals surface area contributed by atoms with Gasteiger partial charge in [0.15, 0.2) is 5.69 Å². The number of carbonyl (C=O) groups excluding carboxylic acids is 1. The SMILES string of the molecule is C[C@H](NC(=O)c1cc(C(F)(F)F)nn1C)c1nc(-c2cccc(C#N)c2)no1. The second-order valence-electron chi connectivity index (χ2n) is 5.88. The molecule has 0 aliphatic carbocycles. The molecule has 0 fully saturated rings. The molecule has 0 aliphatic heterocycles. The highest BCUT2D eigenvalue weighted by atomic mass is 19.4. The zero-order chi connectivity index (χ0) is 20.5. The third-order valence-electron chi connectivity index (χ3n) is 3.81. The molecule has 3 rings (SSSR count). The van der Waals surface area contributed by atoms with E-state index >= 15 is 0 Å². The van der Waals surface area contributed by atoms with Crippen molar-refractivity contribution in [3.8, 4) is 17.5 Å². The highest BCUT2D eigenvalue weighted by Gasteiger charge is 2.35. The largest absolute Gasteiger partial charge is 0.435 e. The molecule has 0 saturated carbocycles. The second-order valence-corrected chi connectivity index (χ2v) is 5.88. The zero-order valence-corrected chi connectivity index (χ0v) is 14.7. The van der Waals surface area contributed by atoms with Gasteiger partial charge >= 0.3 is 6.18 Å². The van der Waals surface area contributed by atoms with Crippen molar-refractivity contribution in [2.24, 2.45) is 7.05 Å². The summed E-state index contributed by atoms with van der Waals surface area (Å²) >= 11 is 0. The molecule has 0 aliphatic rings. The highest BCUT2D eigenvalue weighted by molar-refractivity contribution is 5.92. The molecular weight excluding hydrogens is 377 g/mol. The maximum absolute atomic E-state index is 12.7. The standard InChI is InChI=1S/C17H13F3N6O2/c1-9(22-15(27)12-7-13(17(18,19)20)24-26(12)2)16-23-14(25-28-16)11-5-3-4-10(6-11)8-21/h3-7,9H,1-2H3,(H,22,27)/t9-/m0/s1. The van der Waals surface area contributed by atoms with Gasteiger partial charge in [0.05, 0.1) is 11.6 Å². The van der Waals surface area contributed by atoms with Crippen molar-refractivity contribution >= 4 is 5.91 Å². The van der Waals surface area contributed by atoms with E-state index in [0.29, 0.717) is 17.2 Å². The van der Waals surface area contributed by atoms with Gasteiger partial charge in [0.25, 0.3) is 5.91 Å². The number of nitrogens with one attached hydrogen (secondary N) is 1. The van der Waals surface area contributed by atoms with Crippen molar-refractivity contribution in [2.45, 2.75) is 19.1 Å². The van der Waals surface area contributed by atoms with Crippen molar-refractivity contribution < 1.29 is 22.5 Å². The summed E-state index contributed by atoms with van der Waals surface area (Å²) in [5.41, 5.74) is -0.457. The van der Waals surface area contributed by atoms with Crippen molar-refractivity contribution in [3.05, 3.63) is 53.2 Å². The lowest BCUT2D eigenvalue weighted by molar-refractivity contribution is -0.141. The smallest absolute Gasteiger partial charge is 0.339 e. The Morgan fingerprint density at radius 2 is 2.11 bits per heavy atom. The van der Waals surface area contributed by atoms with Gasteiger partial charge < -0.3 is 9.84 Å². The Kier molecular flexibility index (Phi) is 4.87. The molecule has 3 aromatic rings. The molecule has 0 saturated heterocycles. The van der Waals surface area contributed by atoms with E-state index in [0.717, 1.165) is 4.68 Å². The van der Waals surface area contributed by atoms with Crippen LogP contribution < -0.4 is 5.32 Å². The third-order valence-corrected chi connectivity index (χ3v) is 3.81. The predicted molar refractivity (Wildman–Crippen MR) is 88.5 cm³/mol.